The molecule has 0 aliphatic carbocycles. The van der Waals surface area contributed by atoms with Crippen LogP contribution in [0.1, 0.15) is 11.1 Å². The Hall–Kier alpha value is -5.33. The van der Waals surface area contributed by atoms with E-state index in [1.165, 1.54) is 60.3 Å². The van der Waals surface area contributed by atoms with Crippen LogP contribution < -0.4 is 0 Å². The quantitative estimate of drug-likeness (QED) is 0.221. The van der Waals surface area contributed by atoms with E-state index >= 15 is 0 Å². The number of rotatable bonds is 2. The van der Waals surface area contributed by atoms with E-state index in [2.05, 4.69) is 133 Å². The summed E-state index contributed by atoms with van der Waals surface area (Å²) in [7, 11) is 4.38. The van der Waals surface area contributed by atoms with E-state index in [1.807, 2.05) is 12.1 Å². The van der Waals surface area contributed by atoms with Gasteiger partial charge in [-0.3, -0.25) is 0 Å². The van der Waals surface area contributed by atoms with E-state index in [-0.39, 0.29) is 0 Å². The van der Waals surface area contributed by atoms with Crippen LogP contribution in [0.25, 0.3) is 76.6 Å². The molecular weight excluding hydrogens is 498 g/mol. The highest BCUT2D eigenvalue weighted by Crippen LogP contribution is 2.46. The van der Waals surface area contributed by atoms with E-state index in [0.29, 0.717) is 5.56 Å². The highest BCUT2D eigenvalue weighted by Gasteiger charge is 2.23. The standard InChI is InChI=1S/C38H27N3/c1-23-33-29-13-4-6-16-31(29)41(3)38(33)35(36-30-14-5-7-17-32(30)40(2)37(23)36)26-20-18-24(19-21-26)28-15-9-11-25-10-8-12-27(22-39)34(25)28/h4-21H,1-3H3. The van der Waals surface area contributed by atoms with Crippen LogP contribution >= 0.6 is 0 Å². The molecule has 0 atom stereocenters. The highest BCUT2D eigenvalue weighted by atomic mass is 15.0. The van der Waals surface area contributed by atoms with Crippen molar-refractivity contribution in [3.05, 3.63) is 120 Å². The Labute approximate surface area is 238 Å². The minimum atomic E-state index is 0.704. The van der Waals surface area contributed by atoms with Gasteiger partial charge in [0.1, 0.15) is 0 Å². The summed E-state index contributed by atoms with van der Waals surface area (Å²) in [6.07, 6.45) is 0. The predicted octanol–water partition coefficient (Wildman–Crippen LogP) is 9.64. The summed E-state index contributed by atoms with van der Waals surface area (Å²) in [6.45, 7) is 2.27. The van der Waals surface area contributed by atoms with Crippen LogP contribution in [0.15, 0.2) is 109 Å². The molecule has 8 aromatic rings. The molecule has 0 fully saturated rings. The van der Waals surface area contributed by atoms with Gasteiger partial charge in [0.2, 0.25) is 0 Å². The van der Waals surface area contributed by atoms with E-state index in [9.17, 15) is 5.26 Å². The number of nitrogens with zero attached hydrogens (tertiary/aromatic N) is 3. The second-order valence-corrected chi connectivity index (χ2v) is 11.0. The van der Waals surface area contributed by atoms with Gasteiger partial charge in [-0.15, -0.1) is 0 Å². The summed E-state index contributed by atoms with van der Waals surface area (Å²) in [5.41, 5.74) is 11.7. The average molecular weight is 526 g/mol. The van der Waals surface area contributed by atoms with Crippen molar-refractivity contribution in [1.29, 1.82) is 5.26 Å². The van der Waals surface area contributed by atoms with Crippen LogP contribution in [0.2, 0.25) is 0 Å². The van der Waals surface area contributed by atoms with Gasteiger partial charge in [-0.1, -0.05) is 91.0 Å². The number of aromatic nitrogens is 2. The molecule has 0 aliphatic heterocycles. The summed E-state index contributed by atoms with van der Waals surface area (Å²) in [6, 6.07) is 41.0. The molecule has 0 saturated carbocycles. The van der Waals surface area contributed by atoms with Crippen molar-refractivity contribution < 1.29 is 0 Å². The van der Waals surface area contributed by atoms with Crippen LogP contribution in [0.3, 0.4) is 0 Å². The highest BCUT2D eigenvalue weighted by molar-refractivity contribution is 6.27. The molecule has 0 radical (unpaired) electrons. The summed E-state index contributed by atoms with van der Waals surface area (Å²) >= 11 is 0. The van der Waals surface area contributed by atoms with E-state index in [1.54, 1.807) is 0 Å². The first-order valence-electron chi connectivity index (χ1n) is 14.0. The van der Waals surface area contributed by atoms with E-state index in [4.69, 9.17) is 0 Å². The maximum absolute atomic E-state index is 9.84. The van der Waals surface area contributed by atoms with Gasteiger partial charge in [0.15, 0.2) is 0 Å². The SMILES string of the molecule is Cc1c2c3ccccc3n(C)c2c(-c2ccc(-c3cccc4cccc(C#N)c34)cc2)c2c3ccccc3n(C)c12. The fourth-order valence-corrected chi connectivity index (χ4v) is 7.16. The van der Waals surface area contributed by atoms with Crippen LogP contribution in [0.5, 0.6) is 0 Å². The number of benzene rings is 6. The molecule has 0 N–H and O–H groups in total. The summed E-state index contributed by atoms with van der Waals surface area (Å²) in [5, 5.41) is 17.1. The zero-order valence-electron chi connectivity index (χ0n) is 23.2. The van der Waals surface area contributed by atoms with E-state index < -0.39 is 0 Å². The molecular formula is C38H27N3. The average Bonchev–Trinajstić information content (AvgIpc) is 3.49. The molecule has 8 rings (SSSR count). The maximum Gasteiger partial charge on any atom is 0.0998 e. The number of nitriles is 1. The van der Waals surface area contributed by atoms with Crippen LogP contribution in [-0.4, -0.2) is 9.13 Å². The molecule has 0 saturated heterocycles. The monoisotopic (exact) mass is 525 g/mol. The molecule has 194 valence electrons. The van der Waals surface area contributed by atoms with Crippen molar-refractivity contribution in [3.8, 4) is 28.3 Å². The molecule has 0 unspecified atom stereocenters. The van der Waals surface area contributed by atoms with Gasteiger partial charge in [0.25, 0.3) is 0 Å². The molecule has 3 nitrogen and oxygen atoms in total. The number of hydrogen-bond acceptors (Lipinski definition) is 1. The van der Waals surface area contributed by atoms with Crippen LogP contribution in [0, 0.1) is 18.3 Å². The first kappa shape index (κ1) is 23.5. The Morgan fingerprint density at radius 3 is 1.83 bits per heavy atom. The Bertz CT molecular complexity index is 2380. The lowest BCUT2D eigenvalue weighted by Crippen LogP contribution is -1.95. The lowest BCUT2D eigenvalue weighted by molar-refractivity contribution is 1.01. The minimum Gasteiger partial charge on any atom is -0.343 e. The molecule has 0 bridgehead atoms. The Kier molecular flexibility index (Phi) is 4.93. The number of hydrogen-bond donors (Lipinski definition) is 0. The van der Waals surface area contributed by atoms with Gasteiger partial charge in [-0.25, -0.2) is 0 Å². The van der Waals surface area contributed by atoms with Crippen LogP contribution in [-0.2, 0) is 14.1 Å². The van der Waals surface area contributed by atoms with Gasteiger partial charge < -0.3 is 9.13 Å². The third-order valence-electron chi connectivity index (χ3n) is 8.94. The largest absolute Gasteiger partial charge is 0.343 e. The lowest BCUT2D eigenvalue weighted by Gasteiger charge is -2.14. The van der Waals surface area contributed by atoms with Crippen molar-refractivity contribution in [1.82, 2.24) is 9.13 Å². The van der Waals surface area contributed by atoms with Crippen molar-refractivity contribution in [2.45, 2.75) is 6.92 Å². The zero-order chi connectivity index (χ0) is 27.8. The number of para-hydroxylation sites is 2. The van der Waals surface area contributed by atoms with Gasteiger partial charge in [-0.05, 0) is 52.8 Å². The molecule has 3 heteroatoms. The first-order chi connectivity index (χ1) is 20.1. The Balaban J connectivity index is 1.48. The fraction of sp³-hybridized carbons (Fsp3) is 0.0789. The molecule has 2 aromatic heterocycles. The summed E-state index contributed by atoms with van der Waals surface area (Å²) < 4.78 is 4.73. The Morgan fingerprint density at radius 1 is 0.561 bits per heavy atom. The van der Waals surface area contributed by atoms with Gasteiger partial charge in [0.05, 0.1) is 22.7 Å². The zero-order valence-corrected chi connectivity index (χ0v) is 23.2. The van der Waals surface area contributed by atoms with Crippen molar-refractivity contribution in [2.24, 2.45) is 14.1 Å². The molecule has 41 heavy (non-hydrogen) atoms. The normalized spacial score (nSPS) is 11.8. The van der Waals surface area contributed by atoms with Crippen molar-refractivity contribution in [3.63, 3.8) is 0 Å². The second-order valence-electron chi connectivity index (χ2n) is 11.0. The second kappa shape index (κ2) is 8.58. The van der Waals surface area contributed by atoms with Gasteiger partial charge in [0, 0.05) is 57.6 Å². The fourth-order valence-electron chi connectivity index (χ4n) is 7.16. The van der Waals surface area contributed by atoms with Gasteiger partial charge >= 0.3 is 0 Å². The smallest absolute Gasteiger partial charge is 0.0998 e. The van der Waals surface area contributed by atoms with E-state index in [0.717, 1.165) is 21.9 Å². The van der Waals surface area contributed by atoms with Gasteiger partial charge in [-0.2, -0.15) is 5.26 Å². The number of fused-ring (bicyclic) bond motifs is 7. The van der Waals surface area contributed by atoms with Crippen molar-refractivity contribution in [2.75, 3.05) is 0 Å². The topological polar surface area (TPSA) is 33.6 Å². The third-order valence-corrected chi connectivity index (χ3v) is 8.94. The number of aryl methyl sites for hydroxylation is 3. The first-order valence-corrected chi connectivity index (χ1v) is 14.0. The van der Waals surface area contributed by atoms with Crippen molar-refractivity contribution >= 4 is 54.4 Å². The predicted molar refractivity (Wildman–Crippen MR) is 172 cm³/mol. The molecule has 2 heterocycles. The van der Waals surface area contributed by atoms with Crippen LogP contribution in [0.4, 0.5) is 0 Å². The minimum absolute atomic E-state index is 0.704. The Morgan fingerprint density at radius 2 is 1.15 bits per heavy atom. The molecule has 0 spiro atoms. The lowest BCUT2D eigenvalue weighted by atomic mass is 9.91. The molecule has 0 amide bonds. The summed E-state index contributed by atoms with van der Waals surface area (Å²) in [4.78, 5) is 0. The third kappa shape index (κ3) is 3.13. The maximum atomic E-state index is 9.84. The summed E-state index contributed by atoms with van der Waals surface area (Å²) in [5.74, 6) is 0. The molecule has 6 aromatic carbocycles. The molecule has 0 aliphatic rings.